The van der Waals surface area contributed by atoms with Crippen molar-refractivity contribution in [2.75, 3.05) is 4.90 Å². The third-order valence-corrected chi connectivity index (χ3v) is 14.5. The molecule has 0 fully saturated rings. The van der Waals surface area contributed by atoms with Crippen LogP contribution in [-0.4, -0.2) is 4.57 Å². The number of para-hydroxylation sites is 2. The second-order valence-corrected chi connectivity index (χ2v) is 17.2. The van der Waals surface area contributed by atoms with Gasteiger partial charge in [-0.1, -0.05) is 133 Å². The molecule has 1 unspecified atom stereocenters. The number of hydrogen-bond acceptors (Lipinski definition) is 2. The van der Waals surface area contributed by atoms with Gasteiger partial charge in [0, 0.05) is 49.4 Å². The molecule has 0 saturated carbocycles. The Morgan fingerprint density at radius 2 is 0.911 bits per heavy atom. The minimum atomic E-state index is -3.20. The molecule has 11 rings (SSSR count). The van der Waals surface area contributed by atoms with Gasteiger partial charge in [0.1, 0.15) is 0 Å². The fourth-order valence-corrected chi connectivity index (χ4v) is 11.8. The fraction of sp³-hybridized carbons (Fsp3) is 0. The van der Waals surface area contributed by atoms with Crippen molar-refractivity contribution in [3.8, 4) is 27.9 Å². The maximum absolute atomic E-state index is 15.9. The second-order valence-electron chi connectivity index (χ2n) is 14.5. The van der Waals surface area contributed by atoms with E-state index in [0.29, 0.717) is 0 Å². The Hall–Kier alpha value is -6.93. The average Bonchev–Trinajstić information content (AvgIpc) is 3.72. The van der Waals surface area contributed by atoms with Crippen LogP contribution in [0.3, 0.4) is 0 Å². The van der Waals surface area contributed by atoms with E-state index in [1.54, 1.807) is 0 Å². The zero-order valence-electron chi connectivity index (χ0n) is 30.5. The van der Waals surface area contributed by atoms with Gasteiger partial charge in [-0.05, 0) is 112 Å². The quantitative estimate of drug-likeness (QED) is 0.159. The molecule has 1 aliphatic rings. The van der Waals surface area contributed by atoms with E-state index in [1.165, 1.54) is 16.5 Å². The van der Waals surface area contributed by atoms with Crippen molar-refractivity contribution in [1.29, 1.82) is 0 Å². The predicted molar refractivity (Wildman–Crippen MR) is 237 cm³/mol. The average molecular weight is 735 g/mol. The van der Waals surface area contributed by atoms with Crippen LogP contribution in [0, 0.1) is 0 Å². The standard InChI is InChI=1S/C52H35N2OP/c55-56(44-20-8-3-9-21-44)51-33-39-17-11-10-16-38(39)32-47(51)48-34-46-45-22-12-13-23-49(45)54(50(46)35-52(48)56)43-30-28-42(29-31-43)53(40-18-6-2-7-19-40)41-26-24-37(25-27-41)36-14-4-1-5-15-36/h1-35H. The Labute approximate surface area is 325 Å². The predicted octanol–water partition coefficient (Wildman–Crippen LogP) is 12.7. The molecule has 3 nitrogen and oxygen atoms in total. The van der Waals surface area contributed by atoms with Crippen LogP contribution in [0.5, 0.6) is 0 Å². The third kappa shape index (κ3) is 5.02. The Morgan fingerprint density at radius 3 is 1.62 bits per heavy atom. The summed E-state index contributed by atoms with van der Waals surface area (Å²) in [5.74, 6) is 0. The van der Waals surface area contributed by atoms with Gasteiger partial charge in [0.2, 0.25) is 0 Å². The molecule has 0 aliphatic carbocycles. The van der Waals surface area contributed by atoms with E-state index in [4.69, 9.17) is 0 Å². The molecular formula is C52H35N2OP. The molecule has 0 radical (unpaired) electrons. The highest BCUT2D eigenvalue weighted by Gasteiger charge is 2.41. The summed E-state index contributed by atoms with van der Waals surface area (Å²) in [6.07, 6.45) is 0. The largest absolute Gasteiger partial charge is 0.311 e. The smallest absolute Gasteiger partial charge is 0.172 e. The highest BCUT2D eigenvalue weighted by Crippen LogP contribution is 2.54. The summed E-state index contributed by atoms with van der Waals surface area (Å²) >= 11 is 0. The van der Waals surface area contributed by atoms with E-state index >= 15 is 4.57 Å². The first-order valence-corrected chi connectivity index (χ1v) is 20.7. The zero-order valence-corrected chi connectivity index (χ0v) is 31.4. The van der Waals surface area contributed by atoms with Gasteiger partial charge in [0.15, 0.2) is 7.14 Å². The van der Waals surface area contributed by atoms with Crippen molar-refractivity contribution in [1.82, 2.24) is 4.57 Å². The lowest BCUT2D eigenvalue weighted by molar-refractivity contribution is 0.593. The van der Waals surface area contributed by atoms with Crippen molar-refractivity contribution >= 4 is 72.7 Å². The van der Waals surface area contributed by atoms with Gasteiger partial charge in [0.05, 0.1) is 11.0 Å². The molecule has 10 aromatic rings. The van der Waals surface area contributed by atoms with Gasteiger partial charge in [0.25, 0.3) is 0 Å². The van der Waals surface area contributed by atoms with Crippen LogP contribution >= 0.6 is 7.14 Å². The summed E-state index contributed by atoms with van der Waals surface area (Å²) in [7, 11) is -3.20. The zero-order chi connectivity index (χ0) is 37.2. The Morgan fingerprint density at radius 1 is 0.393 bits per heavy atom. The molecule has 9 aromatic carbocycles. The van der Waals surface area contributed by atoms with Gasteiger partial charge in [-0.3, -0.25) is 0 Å². The minimum Gasteiger partial charge on any atom is -0.311 e. The van der Waals surface area contributed by atoms with Gasteiger partial charge in [-0.2, -0.15) is 0 Å². The Balaban J connectivity index is 1.08. The molecule has 1 atom stereocenters. The number of anilines is 3. The summed E-state index contributed by atoms with van der Waals surface area (Å²) < 4.78 is 18.2. The monoisotopic (exact) mass is 734 g/mol. The number of nitrogens with zero attached hydrogens (tertiary/aromatic N) is 2. The molecule has 1 aromatic heterocycles. The number of fused-ring (bicyclic) bond motifs is 7. The van der Waals surface area contributed by atoms with Crippen LogP contribution < -0.4 is 20.8 Å². The van der Waals surface area contributed by atoms with Crippen LogP contribution in [0.2, 0.25) is 0 Å². The lowest BCUT2D eigenvalue weighted by Gasteiger charge is -2.26. The van der Waals surface area contributed by atoms with E-state index in [9.17, 15) is 0 Å². The van der Waals surface area contributed by atoms with Crippen LogP contribution in [-0.2, 0) is 4.57 Å². The fourth-order valence-electron chi connectivity index (χ4n) is 8.72. The number of aromatic nitrogens is 1. The lowest BCUT2D eigenvalue weighted by atomic mass is 9.99. The second kappa shape index (κ2) is 12.8. The molecule has 4 heteroatoms. The highest BCUT2D eigenvalue weighted by molar-refractivity contribution is 7.86. The normalized spacial score (nSPS) is 14.6. The van der Waals surface area contributed by atoms with Gasteiger partial charge >= 0.3 is 0 Å². The van der Waals surface area contributed by atoms with E-state index in [0.717, 1.165) is 77.0 Å². The number of benzene rings is 9. The maximum atomic E-state index is 15.9. The van der Waals surface area contributed by atoms with Gasteiger partial charge < -0.3 is 14.0 Å². The molecular weight excluding hydrogens is 700 g/mol. The van der Waals surface area contributed by atoms with Crippen LogP contribution in [0.25, 0.3) is 60.5 Å². The van der Waals surface area contributed by atoms with Crippen molar-refractivity contribution in [3.63, 3.8) is 0 Å². The van der Waals surface area contributed by atoms with E-state index < -0.39 is 7.14 Å². The summed E-state index contributed by atoms with van der Waals surface area (Å²) in [6.45, 7) is 0. The summed E-state index contributed by atoms with van der Waals surface area (Å²) in [6, 6.07) is 74.6. The van der Waals surface area contributed by atoms with E-state index in [1.807, 2.05) is 36.4 Å². The number of hydrogen-bond donors (Lipinski definition) is 0. The van der Waals surface area contributed by atoms with Gasteiger partial charge in [-0.25, -0.2) is 0 Å². The summed E-state index contributed by atoms with van der Waals surface area (Å²) in [5.41, 5.74) is 10.9. The molecule has 2 heterocycles. The first-order valence-electron chi connectivity index (χ1n) is 19.0. The van der Waals surface area contributed by atoms with Crippen molar-refractivity contribution in [2.45, 2.75) is 0 Å². The Bertz CT molecular complexity index is 3140. The van der Waals surface area contributed by atoms with Crippen molar-refractivity contribution in [2.24, 2.45) is 0 Å². The maximum Gasteiger partial charge on any atom is 0.172 e. The molecule has 0 bridgehead atoms. The molecule has 0 saturated heterocycles. The summed E-state index contributed by atoms with van der Waals surface area (Å²) in [5, 5.41) is 7.25. The first-order chi connectivity index (χ1) is 27.6. The first kappa shape index (κ1) is 32.5. The number of rotatable bonds is 6. The SMILES string of the molecule is O=P1(c2ccccc2)c2cc3ccccc3cc2-c2cc3c4ccccc4n(-c4ccc(N(c5ccccc5)c5ccc(-c6ccccc6)cc5)cc4)c3cc21. The topological polar surface area (TPSA) is 25.2 Å². The van der Waals surface area contributed by atoms with Crippen molar-refractivity contribution in [3.05, 3.63) is 212 Å². The lowest BCUT2D eigenvalue weighted by Crippen LogP contribution is -2.20. The minimum absolute atomic E-state index is 0.861. The summed E-state index contributed by atoms with van der Waals surface area (Å²) in [4.78, 5) is 2.30. The van der Waals surface area contributed by atoms with Crippen LogP contribution in [0.4, 0.5) is 17.1 Å². The van der Waals surface area contributed by atoms with E-state index in [-0.39, 0.29) is 0 Å². The molecule has 0 spiro atoms. The van der Waals surface area contributed by atoms with Crippen LogP contribution in [0.15, 0.2) is 212 Å². The highest BCUT2D eigenvalue weighted by atomic mass is 31.2. The molecule has 264 valence electrons. The van der Waals surface area contributed by atoms with E-state index in [2.05, 4.69) is 185 Å². The molecule has 0 amide bonds. The molecule has 0 N–H and O–H groups in total. The third-order valence-electron chi connectivity index (χ3n) is 11.4. The van der Waals surface area contributed by atoms with Crippen molar-refractivity contribution < 1.29 is 4.57 Å². The Kier molecular flexibility index (Phi) is 7.45. The molecule has 56 heavy (non-hydrogen) atoms. The van der Waals surface area contributed by atoms with Gasteiger partial charge in [-0.15, -0.1) is 0 Å². The van der Waals surface area contributed by atoms with Crippen LogP contribution in [0.1, 0.15) is 0 Å². The molecule has 1 aliphatic heterocycles.